The van der Waals surface area contributed by atoms with Gasteiger partial charge in [-0.2, -0.15) is 11.8 Å². The Morgan fingerprint density at radius 3 is 3.09 bits per heavy atom. The quantitative estimate of drug-likeness (QED) is 0.717. The molecule has 1 aliphatic rings. The van der Waals surface area contributed by atoms with E-state index >= 15 is 0 Å². The topological polar surface area (TPSA) is 50.4 Å². The minimum Gasteiger partial charge on any atom is -0.375 e. The van der Waals surface area contributed by atoms with Gasteiger partial charge in [0.25, 0.3) is 0 Å². The molecule has 0 radical (unpaired) electrons. The highest BCUT2D eigenvalue weighted by atomic mass is 32.2. The number of thioether (sulfide) groups is 1. The smallest absolute Gasteiger partial charge is 0.222 e. The summed E-state index contributed by atoms with van der Waals surface area (Å²) >= 11 is 1.68. The van der Waals surface area contributed by atoms with Crippen LogP contribution in [0.2, 0.25) is 0 Å². The highest BCUT2D eigenvalue weighted by Crippen LogP contribution is 2.15. The molecule has 0 aliphatic carbocycles. The van der Waals surface area contributed by atoms with Crippen LogP contribution in [0, 0.1) is 5.82 Å². The molecule has 0 bridgehead atoms. The van der Waals surface area contributed by atoms with E-state index in [2.05, 4.69) is 10.6 Å². The molecule has 122 valence electrons. The van der Waals surface area contributed by atoms with Crippen molar-refractivity contribution in [2.24, 2.45) is 0 Å². The molecule has 1 saturated heterocycles. The summed E-state index contributed by atoms with van der Waals surface area (Å²) in [6.45, 7) is 2.93. The lowest BCUT2D eigenvalue weighted by atomic mass is 10.2. The maximum absolute atomic E-state index is 13.4. The van der Waals surface area contributed by atoms with Gasteiger partial charge in [0.2, 0.25) is 5.91 Å². The van der Waals surface area contributed by atoms with Gasteiger partial charge < -0.3 is 15.4 Å². The molecule has 6 heteroatoms. The van der Waals surface area contributed by atoms with Crippen molar-refractivity contribution >= 4 is 17.7 Å². The van der Waals surface area contributed by atoms with E-state index in [-0.39, 0.29) is 17.8 Å². The van der Waals surface area contributed by atoms with Crippen LogP contribution in [-0.2, 0) is 15.3 Å². The van der Waals surface area contributed by atoms with Crippen molar-refractivity contribution in [2.75, 3.05) is 32.0 Å². The molecule has 0 aromatic heterocycles. The number of carbonyl (C=O) groups excluding carboxylic acids is 1. The van der Waals surface area contributed by atoms with Gasteiger partial charge in [-0.05, 0) is 23.8 Å². The molecular weight excluding hydrogens is 303 g/mol. The lowest BCUT2D eigenvalue weighted by Gasteiger charge is -2.23. The number of ether oxygens (including phenoxy) is 1. The SMILES string of the molecule is O=C(CC1CNCCO1)NCCCSCc1ccccc1F. The summed E-state index contributed by atoms with van der Waals surface area (Å²) in [6, 6.07) is 6.84. The number of morpholine rings is 1. The molecule has 1 aliphatic heterocycles. The molecule has 2 N–H and O–H groups in total. The molecule has 1 aromatic rings. The van der Waals surface area contributed by atoms with E-state index in [0.717, 1.165) is 30.8 Å². The van der Waals surface area contributed by atoms with Crippen molar-refractivity contribution in [1.82, 2.24) is 10.6 Å². The van der Waals surface area contributed by atoms with Gasteiger partial charge in [0.05, 0.1) is 19.1 Å². The first-order valence-electron chi connectivity index (χ1n) is 7.66. The summed E-state index contributed by atoms with van der Waals surface area (Å²) in [5.41, 5.74) is 0.735. The van der Waals surface area contributed by atoms with E-state index in [1.807, 2.05) is 12.1 Å². The van der Waals surface area contributed by atoms with Gasteiger partial charge in [-0.1, -0.05) is 18.2 Å². The number of amides is 1. The van der Waals surface area contributed by atoms with E-state index < -0.39 is 0 Å². The Morgan fingerprint density at radius 1 is 1.45 bits per heavy atom. The maximum Gasteiger partial charge on any atom is 0.222 e. The second-order valence-corrected chi connectivity index (χ2v) is 6.35. The van der Waals surface area contributed by atoms with Crippen LogP contribution in [0.15, 0.2) is 24.3 Å². The third-order valence-corrected chi connectivity index (χ3v) is 4.51. The fraction of sp³-hybridized carbons (Fsp3) is 0.562. The largest absolute Gasteiger partial charge is 0.375 e. The molecule has 1 aromatic carbocycles. The van der Waals surface area contributed by atoms with Crippen molar-refractivity contribution < 1.29 is 13.9 Å². The molecular formula is C16H23FN2O2S. The van der Waals surface area contributed by atoms with Gasteiger partial charge in [-0.25, -0.2) is 4.39 Å². The van der Waals surface area contributed by atoms with Crippen molar-refractivity contribution in [3.63, 3.8) is 0 Å². The van der Waals surface area contributed by atoms with Crippen molar-refractivity contribution in [1.29, 1.82) is 0 Å². The van der Waals surface area contributed by atoms with E-state index in [0.29, 0.717) is 25.3 Å². The van der Waals surface area contributed by atoms with Crippen LogP contribution in [0.25, 0.3) is 0 Å². The second-order valence-electron chi connectivity index (χ2n) is 5.25. The van der Waals surface area contributed by atoms with Gasteiger partial charge in [0.1, 0.15) is 5.82 Å². The van der Waals surface area contributed by atoms with Crippen LogP contribution >= 0.6 is 11.8 Å². The number of hydrogen-bond donors (Lipinski definition) is 2. The number of nitrogens with one attached hydrogen (secondary N) is 2. The number of hydrogen-bond acceptors (Lipinski definition) is 4. The minimum absolute atomic E-state index is 0.0100. The third kappa shape index (κ3) is 6.34. The summed E-state index contributed by atoms with van der Waals surface area (Å²) in [6.07, 6.45) is 1.29. The zero-order valence-electron chi connectivity index (χ0n) is 12.6. The Bertz CT molecular complexity index is 467. The first kappa shape index (κ1) is 17.2. The Morgan fingerprint density at radius 2 is 2.32 bits per heavy atom. The number of halogens is 1. The lowest BCUT2D eigenvalue weighted by Crippen LogP contribution is -2.41. The van der Waals surface area contributed by atoms with E-state index in [9.17, 15) is 9.18 Å². The molecule has 1 atom stereocenters. The van der Waals surface area contributed by atoms with Crippen LogP contribution in [0.4, 0.5) is 4.39 Å². The molecule has 4 nitrogen and oxygen atoms in total. The molecule has 1 heterocycles. The Kier molecular flexibility index (Phi) is 7.70. The summed E-state index contributed by atoms with van der Waals surface area (Å²) in [7, 11) is 0. The van der Waals surface area contributed by atoms with Crippen molar-refractivity contribution in [3.8, 4) is 0 Å². The molecule has 2 rings (SSSR count). The van der Waals surface area contributed by atoms with E-state index in [1.165, 1.54) is 6.07 Å². The van der Waals surface area contributed by atoms with Crippen molar-refractivity contribution in [3.05, 3.63) is 35.6 Å². The lowest BCUT2D eigenvalue weighted by molar-refractivity contribution is -0.124. The summed E-state index contributed by atoms with van der Waals surface area (Å²) < 4.78 is 18.9. The Balaban J connectivity index is 1.50. The highest BCUT2D eigenvalue weighted by Gasteiger charge is 2.16. The predicted molar refractivity (Wildman–Crippen MR) is 87.4 cm³/mol. The molecule has 0 saturated carbocycles. The van der Waals surface area contributed by atoms with Crippen LogP contribution < -0.4 is 10.6 Å². The first-order valence-corrected chi connectivity index (χ1v) is 8.81. The zero-order chi connectivity index (χ0) is 15.6. The highest BCUT2D eigenvalue weighted by molar-refractivity contribution is 7.98. The fourth-order valence-corrected chi connectivity index (χ4v) is 3.18. The Hall–Kier alpha value is -1.11. The van der Waals surface area contributed by atoms with Crippen molar-refractivity contribution in [2.45, 2.75) is 24.7 Å². The summed E-state index contributed by atoms with van der Waals surface area (Å²) in [4.78, 5) is 11.7. The van der Waals surface area contributed by atoms with Gasteiger partial charge in [-0.15, -0.1) is 0 Å². The van der Waals surface area contributed by atoms with Crippen LogP contribution in [0.3, 0.4) is 0 Å². The molecule has 1 unspecified atom stereocenters. The summed E-state index contributed by atoms with van der Waals surface area (Å²) in [5, 5.41) is 6.11. The van der Waals surface area contributed by atoms with Crippen LogP contribution in [-0.4, -0.2) is 44.0 Å². The molecule has 1 fully saturated rings. The zero-order valence-corrected chi connectivity index (χ0v) is 13.5. The summed E-state index contributed by atoms with van der Waals surface area (Å²) in [5.74, 6) is 1.45. The minimum atomic E-state index is -0.149. The normalized spacial score (nSPS) is 18.1. The van der Waals surface area contributed by atoms with Gasteiger partial charge >= 0.3 is 0 Å². The number of benzene rings is 1. The fourth-order valence-electron chi connectivity index (χ4n) is 2.23. The molecule has 22 heavy (non-hydrogen) atoms. The first-order chi connectivity index (χ1) is 10.8. The number of rotatable bonds is 8. The van der Waals surface area contributed by atoms with Gasteiger partial charge in [0.15, 0.2) is 0 Å². The number of carbonyl (C=O) groups is 1. The molecule has 0 spiro atoms. The third-order valence-electron chi connectivity index (χ3n) is 3.42. The maximum atomic E-state index is 13.4. The standard InChI is InChI=1S/C16H23FN2O2S/c17-15-5-2-1-4-13(15)12-22-9-3-6-19-16(20)10-14-11-18-7-8-21-14/h1-2,4-5,14,18H,3,6-12H2,(H,19,20). The predicted octanol–water partition coefficient (Wildman–Crippen LogP) is 1.94. The monoisotopic (exact) mass is 326 g/mol. The molecule has 1 amide bonds. The average Bonchev–Trinajstić information content (AvgIpc) is 2.53. The van der Waals surface area contributed by atoms with Crippen LogP contribution in [0.5, 0.6) is 0 Å². The average molecular weight is 326 g/mol. The second kappa shape index (κ2) is 9.82. The van der Waals surface area contributed by atoms with E-state index in [4.69, 9.17) is 4.74 Å². The van der Waals surface area contributed by atoms with E-state index in [1.54, 1.807) is 17.8 Å². The van der Waals surface area contributed by atoms with Gasteiger partial charge in [0, 0.05) is 25.4 Å². The van der Waals surface area contributed by atoms with Crippen LogP contribution in [0.1, 0.15) is 18.4 Å². The van der Waals surface area contributed by atoms with Gasteiger partial charge in [-0.3, -0.25) is 4.79 Å². The Labute approximate surface area is 135 Å².